The molecule has 1 aromatic carbocycles. The number of carbonyl (C=O) groups excluding carboxylic acids is 2. The lowest BCUT2D eigenvalue weighted by atomic mass is 9.92. The number of rotatable bonds is 3. The van der Waals surface area contributed by atoms with E-state index in [1.807, 2.05) is 32.0 Å². The molecule has 0 saturated heterocycles. The first kappa shape index (κ1) is 13.3. The van der Waals surface area contributed by atoms with Crippen molar-refractivity contribution in [2.45, 2.75) is 20.3 Å². The highest BCUT2D eigenvalue weighted by atomic mass is 79.9. The molecular weight excluding hydrogens is 294 g/mol. The molecule has 2 rings (SSSR count). The van der Waals surface area contributed by atoms with Gasteiger partial charge < -0.3 is 0 Å². The average Bonchev–Trinajstić information content (AvgIpc) is 2.34. The van der Waals surface area contributed by atoms with Crippen LogP contribution >= 0.6 is 15.9 Å². The third-order valence-corrected chi connectivity index (χ3v) is 4.60. The van der Waals surface area contributed by atoms with Crippen molar-refractivity contribution in [3.05, 3.63) is 35.4 Å². The monoisotopic (exact) mass is 309 g/mol. The average molecular weight is 310 g/mol. The Labute approximate surface area is 115 Å². The van der Waals surface area contributed by atoms with E-state index in [9.17, 15) is 9.59 Å². The summed E-state index contributed by atoms with van der Waals surface area (Å²) in [6.45, 7) is 4.51. The van der Waals surface area contributed by atoms with E-state index >= 15 is 0 Å². The van der Waals surface area contributed by atoms with E-state index in [0.29, 0.717) is 18.5 Å². The van der Waals surface area contributed by atoms with Gasteiger partial charge in [-0.3, -0.25) is 14.5 Å². The van der Waals surface area contributed by atoms with Gasteiger partial charge in [0.15, 0.2) is 0 Å². The van der Waals surface area contributed by atoms with Crippen LogP contribution in [0.5, 0.6) is 0 Å². The molecule has 1 aromatic rings. The summed E-state index contributed by atoms with van der Waals surface area (Å²) in [4.78, 5) is 25.7. The van der Waals surface area contributed by atoms with E-state index in [1.165, 1.54) is 4.90 Å². The van der Waals surface area contributed by atoms with Crippen molar-refractivity contribution in [2.75, 3.05) is 11.9 Å². The fraction of sp³-hybridized carbons (Fsp3) is 0.429. The van der Waals surface area contributed by atoms with E-state index < -0.39 is 0 Å². The van der Waals surface area contributed by atoms with Crippen LogP contribution in [-0.2, 0) is 11.2 Å². The van der Waals surface area contributed by atoms with Gasteiger partial charge >= 0.3 is 0 Å². The Morgan fingerprint density at radius 3 is 2.61 bits per heavy atom. The number of nitrogens with zero attached hydrogens (tertiary/aromatic N) is 1. The maximum absolute atomic E-state index is 12.3. The molecule has 0 aromatic heterocycles. The lowest BCUT2D eigenvalue weighted by Gasteiger charge is -2.33. The number of carbonyl (C=O) groups is 2. The van der Waals surface area contributed by atoms with Gasteiger partial charge in [0, 0.05) is 17.4 Å². The van der Waals surface area contributed by atoms with Gasteiger partial charge in [0.2, 0.25) is 5.91 Å². The predicted octanol–water partition coefficient (Wildman–Crippen LogP) is 2.63. The largest absolute Gasteiger partial charge is 0.278 e. The van der Waals surface area contributed by atoms with Crippen molar-refractivity contribution in [2.24, 2.45) is 5.41 Å². The van der Waals surface area contributed by atoms with E-state index in [2.05, 4.69) is 15.9 Å². The first-order chi connectivity index (χ1) is 8.44. The summed E-state index contributed by atoms with van der Waals surface area (Å²) in [6.07, 6.45) is 0.320. The zero-order chi connectivity index (χ0) is 13.3. The molecule has 1 aliphatic rings. The molecule has 2 amide bonds. The molecule has 0 unspecified atom stereocenters. The van der Waals surface area contributed by atoms with Crippen LogP contribution in [0, 0.1) is 5.41 Å². The van der Waals surface area contributed by atoms with E-state index in [-0.39, 0.29) is 17.2 Å². The number of amides is 2. The van der Waals surface area contributed by atoms with Crippen LogP contribution in [0.25, 0.3) is 0 Å². The van der Waals surface area contributed by atoms with E-state index in [0.717, 1.165) is 10.9 Å². The fourth-order valence-corrected chi connectivity index (χ4v) is 2.21. The maximum atomic E-state index is 12.3. The van der Waals surface area contributed by atoms with Gasteiger partial charge in [-0.15, -0.1) is 0 Å². The SMILES string of the molecule is CC(C)(CBr)CN1C(=O)Cc2ccccc2C1=O. The van der Waals surface area contributed by atoms with Crippen LogP contribution in [0.1, 0.15) is 29.8 Å². The van der Waals surface area contributed by atoms with Crippen LogP contribution < -0.4 is 0 Å². The van der Waals surface area contributed by atoms with Crippen molar-refractivity contribution in [3.8, 4) is 0 Å². The van der Waals surface area contributed by atoms with Gasteiger partial charge in [-0.1, -0.05) is 48.0 Å². The number of halogens is 1. The van der Waals surface area contributed by atoms with Crippen molar-refractivity contribution in [1.82, 2.24) is 4.90 Å². The van der Waals surface area contributed by atoms with Gasteiger partial charge in [-0.05, 0) is 17.0 Å². The first-order valence-corrected chi connectivity index (χ1v) is 7.05. The smallest absolute Gasteiger partial charge is 0.260 e. The molecule has 0 N–H and O–H groups in total. The molecule has 0 saturated carbocycles. The Balaban J connectivity index is 2.30. The zero-order valence-corrected chi connectivity index (χ0v) is 12.2. The molecule has 18 heavy (non-hydrogen) atoms. The second-order valence-corrected chi connectivity index (χ2v) is 5.98. The second kappa shape index (κ2) is 4.84. The van der Waals surface area contributed by atoms with Crippen molar-refractivity contribution in [3.63, 3.8) is 0 Å². The third kappa shape index (κ3) is 2.48. The lowest BCUT2D eigenvalue weighted by Crippen LogP contribution is -2.47. The maximum Gasteiger partial charge on any atom is 0.260 e. The summed E-state index contributed by atoms with van der Waals surface area (Å²) < 4.78 is 0. The van der Waals surface area contributed by atoms with Crippen LogP contribution in [0.4, 0.5) is 0 Å². The molecule has 0 atom stereocenters. The molecule has 4 heteroatoms. The first-order valence-electron chi connectivity index (χ1n) is 5.93. The Morgan fingerprint density at radius 1 is 1.28 bits per heavy atom. The highest BCUT2D eigenvalue weighted by Gasteiger charge is 2.34. The van der Waals surface area contributed by atoms with Crippen LogP contribution in [0.2, 0.25) is 0 Å². The molecule has 0 fully saturated rings. The Kier molecular flexibility index (Phi) is 3.57. The van der Waals surface area contributed by atoms with Crippen LogP contribution in [-0.4, -0.2) is 28.6 Å². The normalized spacial score (nSPS) is 15.8. The summed E-state index contributed by atoms with van der Waals surface area (Å²) >= 11 is 3.42. The molecule has 1 heterocycles. The van der Waals surface area contributed by atoms with E-state index in [1.54, 1.807) is 6.07 Å². The molecular formula is C14H16BrNO2. The predicted molar refractivity (Wildman–Crippen MR) is 73.8 cm³/mol. The summed E-state index contributed by atoms with van der Waals surface area (Å²) in [5, 5.41) is 0.749. The third-order valence-electron chi connectivity index (χ3n) is 3.08. The minimum Gasteiger partial charge on any atom is -0.278 e. The summed E-state index contributed by atoms with van der Waals surface area (Å²) in [5.41, 5.74) is 1.38. The van der Waals surface area contributed by atoms with Crippen molar-refractivity contribution in [1.29, 1.82) is 0 Å². The topological polar surface area (TPSA) is 37.4 Å². The molecule has 96 valence electrons. The summed E-state index contributed by atoms with van der Waals surface area (Å²) in [6, 6.07) is 7.33. The molecule has 0 aliphatic carbocycles. The number of fused-ring (bicyclic) bond motifs is 1. The fourth-order valence-electron chi connectivity index (χ4n) is 2.03. The minimum atomic E-state index is -0.170. The van der Waals surface area contributed by atoms with E-state index in [4.69, 9.17) is 0 Å². The zero-order valence-electron chi connectivity index (χ0n) is 10.6. The Morgan fingerprint density at radius 2 is 1.94 bits per heavy atom. The van der Waals surface area contributed by atoms with Crippen LogP contribution in [0.3, 0.4) is 0 Å². The Hall–Kier alpha value is -1.16. The molecule has 0 bridgehead atoms. The highest BCUT2D eigenvalue weighted by Crippen LogP contribution is 2.25. The Bertz CT molecular complexity index is 496. The van der Waals surface area contributed by atoms with Gasteiger partial charge in [-0.2, -0.15) is 0 Å². The molecule has 3 nitrogen and oxygen atoms in total. The van der Waals surface area contributed by atoms with Gasteiger partial charge in [0.1, 0.15) is 0 Å². The molecule has 0 radical (unpaired) electrons. The number of benzene rings is 1. The number of hydrogen-bond acceptors (Lipinski definition) is 2. The number of alkyl halides is 1. The molecule has 1 aliphatic heterocycles. The summed E-state index contributed by atoms with van der Waals surface area (Å²) in [5.74, 6) is -0.274. The van der Waals surface area contributed by atoms with Gasteiger partial charge in [0.05, 0.1) is 6.42 Å². The number of imide groups is 1. The molecule has 0 spiro atoms. The van der Waals surface area contributed by atoms with Gasteiger partial charge in [-0.25, -0.2) is 0 Å². The summed E-state index contributed by atoms with van der Waals surface area (Å²) in [7, 11) is 0. The highest BCUT2D eigenvalue weighted by molar-refractivity contribution is 9.09. The quantitative estimate of drug-likeness (QED) is 0.636. The minimum absolute atomic E-state index is 0.104. The van der Waals surface area contributed by atoms with Crippen molar-refractivity contribution < 1.29 is 9.59 Å². The second-order valence-electron chi connectivity index (χ2n) is 5.42. The van der Waals surface area contributed by atoms with Gasteiger partial charge in [0.25, 0.3) is 5.91 Å². The van der Waals surface area contributed by atoms with Crippen LogP contribution in [0.15, 0.2) is 24.3 Å². The lowest BCUT2D eigenvalue weighted by molar-refractivity contribution is -0.129. The standard InChI is InChI=1S/C14H16BrNO2/c1-14(2,8-15)9-16-12(17)7-10-5-3-4-6-11(10)13(16)18/h3-6H,7-9H2,1-2H3. The van der Waals surface area contributed by atoms with Crippen molar-refractivity contribution >= 4 is 27.7 Å². The number of hydrogen-bond donors (Lipinski definition) is 0.